The van der Waals surface area contributed by atoms with E-state index in [0.717, 1.165) is 51.7 Å². The second kappa shape index (κ2) is 5.01. The molecule has 0 saturated carbocycles. The van der Waals surface area contributed by atoms with Gasteiger partial charge in [-0.15, -0.1) is 0 Å². The van der Waals surface area contributed by atoms with Gasteiger partial charge in [0.15, 0.2) is 0 Å². The van der Waals surface area contributed by atoms with Gasteiger partial charge >= 0.3 is 0 Å². The fourth-order valence-corrected chi connectivity index (χ4v) is 2.36. The highest BCUT2D eigenvalue weighted by Gasteiger charge is 2.21. The van der Waals surface area contributed by atoms with Crippen molar-refractivity contribution in [3.05, 3.63) is 5.89 Å². The van der Waals surface area contributed by atoms with E-state index in [1.807, 2.05) is 0 Å². The normalized spacial score (nSPS) is 25.4. The molecule has 1 aromatic rings. The van der Waals surface area contributed by atoms with E-state index in [0.29, 0.717) is 11.9 Å². The Balaban J connectivity index is 1.60. The van der Waals surface area contributed by atoms with Crippen molar-refractivity contribution in [2.45, 2.75) is 12.8 Å². The van der Waals surface area contributed by atoms with E-state index < -0.39 is 0 Å². The minimum absolute atomic E-state index is 0.646. The van der Waals surface area contributed by atoms with Crippen LogP contribution in [-0.2, 0) is 11.2 Å². The molecule has 0 amide bonds. The molecule has 0 aliphatic carbocycles. The van der Waals surface area contributed by atoms with Gasteiger partial charge in [0.05, 0.1) is 13.2 Å². The molecule has 0 spiro atoms. The second-order valence-corrected chi connectivity index (χ2v) is 4.65. The van der Waals surface area contributed by atoms with Gasteiger partial charge in [-0.05, 0) is 30.6 Å². The minimum atomic E-state index is 0.646. The van der Waals surface area contributed by atoms with Crippen molar-refractivity contribution < 1.29 is 9.26 Å². The monoisotopic (exact) mass is 238 g/mol. The summed E-state index contributed by atoms with van der Waals surface area (Å²) in [4.78, 5) is 6.58. The van der Waals surface area contributed by atoms with E-state index in [-0.39, 0.29) is 0 Å². The lowest BCUT2D eigenvalue weighted by Crippen LogP contribution is -2.36. The number of ether oxygens (including phenoxy) is 1. The molecule has 1 unspecified atom stereocenters. The Hall–Kier alpha value is -1.14. The fourth-order valence-electron chi connectivity index (χ4n) is 2.36. The first kappa shape index (κ1) is 11.0. The number of nitrogens with one attached hydrogen (secondary N) is 1. The molecule has 2 aliphatic heterocycles. The van der Waals surface area contributed by atoms with Crippen molar-refractivity contribution in [1.29, 1.82) is 0 Å². The largest absolute Gasteiger partial charge is 0.378 e. The van der Waals surface area contributed by atoms with Crippen LogP contribution >= 0.6 is 0 Å². The third kappa shape index (κ3) is 2.58. The molecular formula is C11H18N4O2. The molecule has 6 nitrogen and oxygen atoms in total. The van der Waals surface area contributed by atoms with Crippen LogP contribution in [0.3, 0.4) is 0 Å². The predicted molar refractivity (Wildman–Crippen MR) is 62.0 cm³/mol. The first-order valence-electron chi connectivity index (χ1n) is 6.28. The summed E-state index contributed by atoms with van der Waals surface area (Å²) in [6.45, 7) is 5.37. The van der Waals surface area contributed by atoms with E-state index in [4.69, 9.17) is 9.26 Å². The summed E-state index contributed by atoms with van der Waals surface area (Å²) in [5, 5.41) is 7.39. The van der Waals surface area contributed by atoms with Crippen molar-refractivity contribution in [3.8, 4) is 0 Å². The van der Waals surface area contributed by atoms with Crippen molar-refractivity contribution in [2.24, 2.45) is 5.92 Å². The molecule has 17 heavy (non-hydrogen) atoms. The molecule has 0 aromatic carbocycles. The van der Waals surface area contributed by atoms with E-state index in [1.165, 1.54) is 6.42 Å². The number of nitrogens with zero attached hydrogens (tertiary/aromatic N) is 3. The SMILES string of the molecule is C1CC(Cc2nc(N3CCOCC3)no2)CN1. The second-order valence-electron chi connectivity index (χ2n) is 4.65. The summed E-state index contributed by atoms with van der Waals surface area (Å²) in [6.07, 6.45) is 2.10. The Morgan fingerprint density at radius 2 is 2.24 bits per heavy atom. The van der Waals surface area contributed by atoms with Crippen molar-refractivity contribution >= 4 is 5.95 Å². The van der Waals surface area contributed by atoms with Gasteiger partial charge in [-0.3, -0.25) is 0 Å². The molecule has 6 heteroatoms. The molecule has 2 aliphatic rings. The molecule has 3 rings (SSSR count). The lowest BCUT2D eigenvalue weighted by atomic mass is 10.1. The van der Waals surface area contributed by atoms with Gasteiger partial charge in [-0.2, -0.15) is 4.98 Å². The number of anilines is 1. The van der Waals surface area contributed by atoms with Crippen LogP contribution in [0.5, 0.6) is 0 Å². The number of hydrogen-bond donors (Lipinski definition) is 1. The number of rotatable bonds is 3. The van der Waals surface area contributed by atoms with E-state index in [2.05, 4.69) is 20.4 Å². The third-order valence-electron chi connectivity index (χ3n) is 3.38. The maximum absolute atomic E-state index is 5.31. The van der Waals surface area contributed by atoms with E-state index in [9.17, 15) is 0 Å². The quantitative estimate of drug-likeness (QED) is 0.803. The first-order chi connectivity index (χ1) is 8.42. The molecule has 0 bridgehead atoms. The standard InChI is InChI=1S/C11H18N4O2/c1-2-12-8-9(1)7-10-13-11(14-17-10)15-3-5-16-6-4-15/h9,12H,1-8H2. The van der Waals surface area contributed by atoms with Crippen molar-refractivity contribution in [1.82, 2.24) is 15.5 Å². The summed E-state index contributed by atoms with van der Waals surface area (Å²) in [6, 6.07) is 0. The highest BCUT2D eigenvalue weighted by atomic mass is 16.5. The van der Waals surface area contributed by atoms with E-state index in [1.54, 1.807) is 0 Å². The zero-order valence-corrected chi connectivity index (χ0v) is 9.89. The van der Waals surface area contributed by atoms with Gasteiger partial charge in [0, 0.05) is 19.5 Å². The van der Waals surface area contributed by atoms with Crippen LogP contribution in [0.25, 0.3) is 0 Å². The lowest BCUT2D eigenvalue weighted by Gasteiger charge is -2.24. The Morgan fingerprint density at radius 1 is 1.35 bits per heavy atom. The summed E-state index contributed by atoms with van der Waals surface area (Å²) < 4.78 is 10.6. The van der Waals surface area contributed by atoms with Crippen molar-refractivity contribution in [3.63, 3.8) is 0 Å². The van der Waals surface area contributed by atoms with Gasteiger partial charge in [-0.25, -0.2) is 0 Å². The first-order valence-corrected chi connectivity index (χ1v) is 6.28. The topological polar surface area (TPSA) is 63.4 Å². The highest BCUT2D eigenvalue weighted by Crippen LogP contribution is 2.17. The van der Waals surface area contributed by atoms with Gasteiger partial charge in [-0.1, -0.05) is 0 Å². The average Bonchev–Trinajstić information content (AvgIpc) is 3.02. The number of morpholine rings is 1. The Morgan fingerprint density at radius 3 is 3.00 bits per heavy atom. The molecule has 0 radical (unpaired) electrons. The number of aromatic nitrogens is 2. The smallest absolute Gasteiger partial charge is 0.266 e. The fraction of sp³-hybridized carbons (Fsp3) is 0.818. The molecule has 3 heterocycles. The maximum atomic E-state index is 5.31. The molecular weight excluding hydrogens is 220 g/mol. The Bertz CT molecular complexity index is 356. The molecule has 1 aromatic heterocycles. The summed E-state index contributed by atoms with van der Waals surface area (Å²) in [7, 11) is 0. The molecule has 2 saturated heterocycles. The highest BCUT2D eigenvalue weighted by molar-refractivity contribution is 5.28. The maximum Gasteiger partial charge on any atom is 0.266 e. The van der Waals surface area contributed by atoms with Gasteiger partial charge in [0.25, 0.3) is 5.95 Å². The lowest BCUT2D eigenvalue weighted by molar-refractivity contribution is 0.121. The Kier molecular flexibility index (Phi) is 3.24. The van der Waals surface area contributed by atoms with Crippen molar-refractivity contribution in [2.75, 3.05) is 44.3 Å². The van der Waals surface area contributed by atoms with Crippen LogP contribution in [0.15, 0.2) is 4.52 Å². The van der Waals surface area contributed by atoms with Crippen LogP contribution < -0.4 is 10.2 Å². The van der Waals surface area contributed by atoms with Gasteiger partial charge in [0.1, 0.15) is 0 Å². The van der Waals surface area contributed by atoms with Gasteiger partial charge < -0.3 is 19.5 Å². The van der Waals surface area contributed by atoms with E-state index >= 15 is 0 Å². The van der Waals surface area contributed by atoms with Crippen LogP contribution in [0.1, 0.15) is 12.3 Å². The molecule has 2 fully saturated rings. The molecule has 94 valence electrons. The van der Waals surface area contributed by atoms with Crippen LogP contribution in [-0.4, -0.2) is 49.5 Å². The van der Waals surface area contributed by atoms with Crippen LogP contribution in [0.2, 0.25) is 0 Å². The summed E-state index contributed by atoms with van der Waals surface area (Å²) >= 11 is 0. The van der Waals surface area contributed by atoms with Crippen LogP contribution in [0, 0.1) is 5.92 Å². The van der Waals surface area contributed by atoms with Gasteiger partial charge in [0.2, 0.25) is 5.89 Å². The molecule has 1 atom stereocenters. The average molecular weight is 238 g/mol. The predicted octanol–water partition coefficient (Wildman–Crippen LogP) is 0.0582. The Labute approximate surface area is 100 Å². The van der Waals surface area contributed by atoms with Crippen LogP contribution in [0.4, 0.5) is 5.95 Å². The zero-order valence-electron chi connectivity index (χ0n) is 9.89. The molecule has 1 N–H and O–H groups in total. The third-order valence-corrected chi connectivity index (χ3v) is 3.38. The zero-order chi connectivity index (χ0) is 11.5. The summed E-state index contributed by atoms with van der Waals surface area (Å²) in [5.41, 5.74) is 0. The minimum Gasteiger partial charge on any atom is -0.378 e. The summed E-state index contributed by atoms with van der Waals surface area (Å²) in [5.74, 6) is 2.13. The number of hydrogen-bond acceptors (Lipinski definition) is 6.